The van der Waals surface area contributed by atoms with Crippen LogP contribution in [0.3, 0.4) is 0 Å². The fourth-order valence-electron chi connectivity index (χ4n) is 2.23. The highest BCUT2D eigenvalue weighted by molar-refractivity contribution is 7.98. The van der Waals surface area contributed by atoms with E-state index < -0.39 is 5.97 Å². The first-order chi connectivity index (χ1) is 10.6. The van der Waals surface area contributed by atoms with Gasteiger partial charge in [-0.25, -0.2) is 9.78 Å². The average molecular weight is 312 g/mol. The SMILES string of the molecule is CSc1nc2ccccc2c(=O)n1-c1ccc(C(=O)O)cc1. The molecule has 5 nitrogen and oxygen atoms in total. The molecule has 0 spiro atoms. The molecule has 3 aromatic rings. The van der Waals surface area contributed by atoms with Gasteiger partial charge in [-0.3, -0.25) is 9.36 Å². The predicted octanol–water partition coefficient (Wildman–Crippen LogP) is 2.81. The Morgan fingerprint density at radius 2 is 1.82 bits per heavy atom. The normalized spacial score (nSPS) is 10.8. The molecule has 0 saturated heterocycles. The molecule has 0 amide bonds. The number of rotatable bonds is 3. The zero-order valence-corrected chi connectivity index (χ0v) is 12.5. The molecule has 0 bridgehead atoms. The molecule has 110 valence electrons. The van der Waals surface area contributed by atoms with E-state index in [0.717, 1.165) is 0 Å². The van der Waals surface area contributed by atoms with Gasteiger partial charge in [0, 0.05) is 0 Å². The molecule has 0 unspecified atom stereocenters. The molecule has 0 saturated carbocycles. The summed E-state index contributed by atoms with van der Waals surface area (Å²) in [4.78, 5) is 28.1. The number of para-hydroxylation sites is 1. The third-order valence-corrected chi connectivity index (χ3v) is 3.94. The quantitative estimate of drug-likeness (QED) is 0.595. The highest BCUT2D eigenvalue weighted by Crippen LogP contribution is 2.19. The molecule has 0 aliphatic rings. The van der Waals surface area contributed by atoms with Gasteiger partial charge in [0.15, 0.2) is 5.16 Å². The van der Waals surface area contributed by atoms with E-state index in [0.29, 0.717) is 21.7 Å². The number of hydrogen-bond acceptors (Lipinski definition) is 4. The summed E-state index contributed by atoms with van der Waals surface area (Å²) >= 11 is 1.37. The fraction of sp³-hybridized carbons (Fsp3) is 0.0625. The van der Waals surface area contributed by atoms with E-state index in [1.807, 2.05) is 12.3 Å². The van der Waals surface area contributed by atoms with E-state index in [2.05, 4.69) is 4.98 Å². The van der Waals surface area contributed by atoms with Gasteiger partial charge in [0.05, 0.1) is 22.2 Å². The second kappa shape index (κ2) is 5.65. The summed E-state index contributed by atoms with van der Waals surface area (Å²) in [5.74, 6) is -0.999. The van der Waals surface area contributed by atoms with Gasteiger partial charge < -0.3 is 5.11 Å². The van der Waals surface area contributed by atoms with Gasteiger partial charge in [0.2, 0.25) is 0 Å². The van der Waals surface area contributed by atoms with Crippen molar-refractivity contribution in [1.29, 1.82) is 0 Å². The van der Waals surface area contributed by atoms with Gasteiger partial charge in [-0.15, -0.1) is 0 Å². The van der Waals surface area contributed by atoms with Gasteiger partial charge >= 0.3 is 5.97 Å². The molecule has 3 rings (SSSR count). The molecule has 0 aliphatic heterocycles. The maximum absolute atomic E-state index is 12.7. The standard InChI is InChI=1S/C16H12N2O3S/c1-22-16-17-13-5-3-2-4-12(13)14(19)18(16)11-8-6-10(7-9-11)15(20)21/h2-9H,1H3,(H,20,21). The molecule has 6 heteroatoms. The molecule has 0 fully saturated rings. The molecule has 2 aromatic carbocycles. The lowest BCUT2D eigenvalue weighted by Gasteiger charge is -2.12. The Labute approximate surface area is 130 Å². The molecule has 0 radical (unpaired) electrons. The third kappa shape index (κ3) is 2.37. The smallest absolute Gasteiger partial charge is 0.335 e. The van der Waals surface area contributed by atoms with Crippen molar-refractivity contribution in [3.05, 3.63) is 64.4 Å². The number of benzene rings is 2. The first-order valence-corrected chi connectivity index (χ1v) is 7.74. The van der Waals surface area contributed by atoms with E-state index in [-0.39, 0.29) is 11.1 Å². The minimum atomic E-state index is -0.999. The van der Waals surface area contributed by atoms with Crippen LogP contribution in [0, 0.1) is 0 Å². The van der Waals surface area contributed by atoms with Crippen LogP contribution in [0.1, 0.15) is 10.4 Å². The number of aromatic nitrogens is 2. The highest BCUT2D eigenvalue weighted by Gasteiger charge is 2.12. The van der Waals surface area contributed by atoms with Gasteiger partial charge in [0.1, 0.15) is 0 Å². The molecule has 1 heterocycles. The number of carboxylic acids is 1. The van der Waals surface area contributed by atoms with Crippen molar-refractivity contribution in [3.8, 4) is 5.69 Å². The lowest BCUT2D eigenvalue weighted by atomic mass is 10.2. The van der Waals surface area contributed by atoms with Crippen molar-refractivity contribution in [2.75, 3.05) is 6.26 Å². The average Bonchev–Trinajstić information content (AvgIpc) is 2.55. The Morgan fingerprint density at radius 1 is 1.14 bits per heavy atom. The van der Waals surface area contributed by atoms with Crippen LogP contribution in [0.25, 0.3) is 16.6 Å². The van der Waals surface area contributed by atoms with Crippen molar-refractivity contribution in [2.24, 2.45) is 0 Å². The highest BCUT2D eigenvalue weighted by atomic mass is 32.2. The molecular formula is C16H12N2O3S. The topological polar surface area (TPSA) is 72.2 Å². The minimum Gasteiger partial charge on any atom is -0.478 e. The van der Waals surface area contributed by atoms with E-state index in [1.54, 1.807) is 30.3 Å². The molecule has 1 aromatic heterocycles. The Bertz CT molecular complexity index is 917. The minimum absolute atomic E-state index is 0.168. The Kier molecular flexibility index (Phi) is 3.68. The monoisotopic (exact) mass is 312 g/mol. The van der Waals surface area contributed by atoms with Gasteiger partial charge in [-0.1, -0.05) is 23.9 Å². The zero-order valence-electron chi connectivity index (χ0n) is 11.7. The van der Waals surface area contributed by atoms with Crippen LogP contribution in [0.15, 0.2) is 58.5 Å². The van der Waals surface area contributed by atoms with Crippen molar-refractivity contribution in [3.63, 3.8) is 0 Å². The molecular weight excluding hydrogens is 300 g/mol. The summed E-state index contributed by atoms with van der Waals surface area (Å²) in [6, 6.07) is 13.3. The summed E-state index contributed by atoms with van der Waals surface area (Å²) in [6.45, 7) is 0. The number of carbonyl (C=O) groups is 1. The van der Waals surface area contributed by atoms with Crippen LogP contribution >= 0.6 is 11.8 Å². The van der Waals surface area contributed by atoms with Crippen LogP contribution in [0.5, 0.6) is 0 Å². The number of carboxylic acid groups (broad SMARTS) is 1. The van der Waals surface area contributed by atoms with Crippen LogP contribution < -0.4 is 5.56 Å². The number of aromatic carboxylic acids is 1. The predicted molar refractivity (Wildman–Crippen MR) is 86.1 cm³/mol. The first-order valence-electron chi connectivity index (χ1n) is 6.51. The molecule has 0 aliphatic carbocycles. The summed E-state index contributed by atoms with van der Waals surface area (Å²) in [7, 11) is 0. The van der Waals surface area contributed by atoms with E-state index in [4.69, 9.17) is 5.11 Å². The molecule has 1 N–H and O–H groups in total. The summed E-state index contributed by atoms with van der Waals surface area (Å²) in [6.07, 6.45) is 1.85. The van der Waals surface area contributed by atoms with Crippen LogP contribution in [-0.2, 0) is 0 Å². The number of fused-ring (bicyclic) bond motifs is 1. The van der Waals surface area contributed by atoms with E-state index >= 15 is 0 Å². The summed E-state index contributed by atoms with van der Waals surface area (Å²) in [5, 5.41) is 10.1. The lowest BCUT2D eigenvalue weighted by Crippen LogP contribution is -2.21. The van der Waals surface area contributed by atoms with Crippen molar-refractivity contribution in [2.45, 2.75) is 5.16 Å². The van der Waals surface area contributed by atoms with Crippen molar-refractivity contribution in [1.82, 2.24) is 9.55 Å². The van der Waals surface area contributed by atoms with E-state index in [1.165, 1.54) is 28.5 Å². The van der Waals surface area contributed by atoms with Gasteiger partial charge in [-0.05, 0) is 42.7 Å². The number of nitrogens with zero attached hydrogens (tertiary/aromatic N) is 2. The largest absolute Gasteiger partial charge is 0.478 e. The zero-order chi connectivity index (χ0) is 15.7. The first kappa shape index (κ1) is 14.3. The second-order valence-electron chi connectivity index (χ2n) is 4.61. The van der Waals surface area contributed by atoms with Gasteiger partial charge in [-0.2, -0.15) is 0 Å². The summed E-state index contributed by atoms with van der Waals surface area (Å²) in [5.41, 5.74) is 1.25. The second-order valence-corrected chi connectivity index (χ2v) is 5.38. The number of hydrogen-bond donors (Lipinski definition) is 1. The summed E-state index contributed by atoms with van der Waals surface area (Å²) < 4.78 is 1.50. The lowest BCUT2D eigenvalue weighted by molar-refractivity contribution is 0.0697. The maximum atomic E-state index is 12.7. The Morgan fingerprint density at radius 3 is 2.45 bits per heavy atom. The van der Waals surface area contributed by atoms with Crippen LogP contribution in [0.4, 0.5) is 0 Å². The van der Waals surface area contributed by atoms with Crippen LogP contribution in [-0.4, -0.2) is 26.9 Å². The molecule has 22 heavy (non-hydrogen) atoms. The Balaban J connectivity index is 2.27. The fourth-order valence-corrected chi connectivity index (χ4v) is 2.79. The Hall–Kier alpha value is -2.60. The maximum Gasteiger partial charge on any atom is 0.335 e. The number of thioether (sulfide) groups is 1. The third-order valence-electron chi connectivity index (χ3n) is 3.30. The van der Waals surface area contributed by atoms with Crippen molar-refractivity contribution >= 4 is 28.6 Å². The van der Waals surface area contributed by atoms with Gasteiger partial charge in [0.25, 0.3) is 5.56 Å². The molecule has 0 atom stereocenters. The van der Waals surface area contributed by atoms with Crippen LogP contribution in [0.2, 0.25) is 0 Å². The van der Waals surface area contributed by atoms with Crippen molar-refractivity contribution < 1.29 is 9.90 Å². The van der Waals surface area contributed by atoms with E-state index in [9.17, 15) is 9.59 Å².